The number of amides is 1. The molecule has 0 saturated carbocycles. The van der Waals surface area contributed by atoms with Gasteiger partial charge < -0.3 is 14.7 Å². The topological polar surface area (TPSA) is 66.8 Å². The maximum absolute atomic E-state index is 11.1. The Labute approximate surface area is 76.3 Å². The molecule has 1 heterocycles. The molecular weight excluding hydrogens is 174 g/mol. The number of ether oxygens (including phenoxy) is 1. The van der Waals surface area contributed by atoms with E-state index >= 15 is 0 Å². The zero-order valence-corrected chi connectivity index (χ0v) is 7.74. The predicted molar refractivity (Wildman–Crippen MR) is 44.2 cm³/mol. The quantitative estimate of drug-likeness (QED) is 0.659. The normalized spacial score (nSPS) is 18.9. The van der Waals surface area contributed by atoms with Crippen LogP contribution in [-0.2, 0) is 14.3 Å². The Kier molecular flexibility index (Phi) is 2.56. The van der Waals surface area contributed by atoms with E-state index in [1.54, 1.807) is 6.92 Å². The van der Waals surface area contributed by atoms with Crippen LogP contribution in [0.5, 0.6) is 0 Å². The average Bonchev–Trinajstić information content (AvgIpc) is 1.94. The largest absolute Gasteiger partial charge is 0.479 e. The fraction of sp³-hybridized carbons (Fsp3) is 0.750. The number of hydrogen-bond acceptors (Lipinski definition) is 3. The van der Waals surface area contributed by atoms with Crippen LogP contribution >= 0.6 is 0 Å². The Morgan fingerprint density at radius 1 is 1.54 bits per heavy atom. The van der Waals surface area contributed by atoms with Crippen LogP contribution in [-0.4, -0.2) is 47.2 Å². The minimum Gasteiger partial charge on any atom is -0.479 e. The summed E-state index contributed by atoms with van der Waals surface area (Å²) < 4.78 is 4.86. The summed E-state index contributed by atoms with van der Waals surface area (Å²) in [5.74, 6) is -1.22. The summed E-state index contributed by atoms with van der Waals surface area (Å²) in [6, 6.07) is 0. The molecule has 13 heavy (non-hydrogen) atoms. The first-order valence-electron chi connectivity index (χ1n) is 4.14. The number of carbonyl (C=O) groups is 2. The smallest absolute Gasteiger partial charge is 0.334 e. The lowest BCUT2D eigenvalue weighted by molar-refractivity contribution is -0.191. The Morgan fingerprint density at radius 2 is 2.08 bits per heavy atom. The molecule has 0 radical (unpaired) electrons. The third-order valence-corrected chi connectivity index (χ3v) is 2.29. The van der Waals surface area contributed by atoms with E-state index in [1.807, 2.05) is 0 Å². The van der Waals surface area contributed by atoms with E-state index in [0.717, 1.165) is 0 Å². The molecular formula is C8H13NO4. The zero-order chi connectivity index (χ0) is 10.1. The Balaban J connectivity index is 2.86. The average molecular weight is 187 g/mol. The lowest BCUT2D eigenvalue weighted by Gasteiger charge is -2.45. The standard InChI is InChI=1S/C8H13NO4/c1-3-9(6(2)10)8(7(11)12)4-13-5-8/h3-5H2,1-2H3,(H,11,12). The maximum Gasteiger partial charge on any atom is 0.334 e. The van der Waals surface area contributed by atoms with Crippen molar-refractivity contribution < 1.29 is 19.4 Å². The van der Waals surface area contributed by atoms with Crippen molar-refractivity contribution in [2.45, 2.75) is 19.4 Å². The Morgan fingerprint density at radius 3 is 2.15 bits per heavy atom. The molecule has 0 aromatic heterocycles. The van der Waals surface area contributed by atoms with Crippen LogP contribution in [0.1, 0.15) is 13.8 Å². The number of hydrogen-bond donors (Lipinski definition) is 1. The molecule has 1 fully saturated rings. The van der Waals surface area contributed by atoms with Crippen LogP contribution in [0.2, 0.25) is 0 Å². The highest BCUT2D eigenvalue weighted by molar-refractivity contribution is 5.87. The Hall–Kier alpha value is -1.10. The first-order valence-corrected chi connectivity index (χ1v) is 4.14. The zero-order valence-electron chi connectivity index (χ0n) is 7.74. The van der Waals surface area contributed by atoms with E-state index in [-0.39, 0.29) is 19.1 Å². The molecule has 0 unspecified atom stereocenters. The second-order valence-corrected chi connectivity index (χ2v) is 3.09. The molecule has 0 bridgehead atoms. The fourth-order valence-electron chi connectivity index (χ4n) is 1.52. The predicted octanol–water partition coefficient (Wildman–Crippen LogP) is -0.292. The van der Waals surface area contributed by atoms with Gasteiger partial charge in [-0.25, -0.2) is 4.79 Å². The van der Waals surface area contributed by atoms with Crippen LogP contribution in [0.3, 0.4) is 0 Å². The van der Waals surface area contributed by atoms with Crippen molar-refractivity contribution in [2.24, 2.45) is 0 Å². The fourth-order valence-corrected chi connectivity index (χ4v) is 1.52. The van der Waals surface area contributed by atoms with E-state index < -0.39 is 11.5 Å². The van der Waals surface area contributed by atoms with Crippen LogP contribution in [0.4, 0.5) is 0 Å². The number of nitrogens with zero attached hydrogens (tertiary/aromatic N) is 1. The van der Waals surface area contributed by atoms with Crippen LogP contribution < -0.4 is 0 Å². The van der Waals surface area contributed by atoms with Crippen molar-refractivity contribution in [3.8, 4) is 0 Å². The van der Waals surface area contributed by atoms with E-state index in [9.17, 15) is 9.59 Å². The van der Waals surface area contributed by atoms with Gasteiger partial charge in [0.1, 0.15) is 0 Å². The molecule has 0 atom stereocenters. The van der Waals surface area contributed by atoms with E-state index in [1.165, 1.54) is 11.8 Å². The van der Waals surface area contributed by atoms with Crippen LogP contribution in [0.25, 0.3) is 0 Å². The van der Waals surface area contributed by atoms with Crippen molar-refractivity contribution >= 4 is 11.9 Å². The highest BCUT2D eigenvalue weighted by Crippen LogP contribution is 2.25. The summed E-state index contributed by atoms with van der Waals surface area (Å²) in [5.41, 5.74) is -1.11. The van der Waals surface area contributed by atoms with Crippen molar-refractivity contribution in [2.75, 3.05) is 19.8 Å². The van der Waals surface area contributed by atoms with Gasteiger partial charge in [0.2, 0.25) is 5.91 Å². The van der Waals surface area contributed by atoms with Crippen molar-refractivity contribution in [1.29, 1.82) is 0 Å². The van der Waals surface area contributed by atoms with Gasteiger partial charge in [0.15, 0.2) is 5.54 Å². The molecule has 0 aromatic carbocycles. The van der Waals surface area contributed by atoms with Gasteiger partial charge >= 0.3 is 5.97 Å². The summed E-state index contributed by atoms with van der Waals surface area (Å²) in [6.07, 6.45) is 0. The minimum atomic E-state index is -1.11. The third kappa shape index (κ3) is 1.39. The van der Waals surface area contributed by atoms with Crippen LogP contribution in [0.15, 0.2) is 0 Å². The number of aliphatic carboxylic acids is 1. The van der Waals surface area contributed by atoms with E-state index in [4.69, 9.17) is 9.84 Å². The van der Waals surface area contributed by atoms with Gasteiger partial charge in [0, 0.05) is 13.5 Å². The van der Waals surface area contributed by atoms with Gasteiger partial charge in [0.05, 0.1) is 13.2 Å². The summed E-state index contributed by atoms with van der Waals surface area (Å²) >= 11 is 0. The van der Waals surface area contributed by atoms with Crippen molar-refractivity contribution in [3.63, 3.8) is 0 Å². The second-order valence-electron chi connectivity index (χ2n) is 3.09. The van der Waals surface area contributed by atoms with Gasteiger partial charge in [-0.1, -0.05) is 0 Å². The molecule has 1 saturated heterocycles. The lowest BCUT2D eigenvalue weighted by Crippen LogP contribution is -2.68. The molecule has 1 N–H and O–H groups in total. The molecule has 0 aromatic rings. The molecule has 0 aliphatic carbocycles. The van der Waals surface area contributed by atoms with Gasteiger partial charge in [0.25, 0.3) is 0 Å². The molecule has 1 aliphatic rings. The van der Waals surface area contributed by atoms with Gasteiger partial charge in [-0.05, 0) is 6.92 Å². The third-order valence-electron chi connectivity index (χ3n) is 2.29. The van der Waals surface area contributed by atoms with Crippen molar-refractivity contribution in [1.82, 2.24) is 4.90 Å². The molecule has 0 spiro atoms. The first-order chi connectivity index (χ1) is 6.04. The number of likely N-dealkylation sites (N-methyl/N-ethyl adjacent to an activating group) is 1. The number of rotatable bonds is 3. The summed E-state index contributed by atoms with van der Waals surface area (Å²) in [5, 5.41) is 8.96. The van der Waals surface area contributed by atoms with E-state index in [2.05, 4.69) is 0 Å². The molecule has 1 amide bonds. The summed E-state index contributed by atoms with van der Waals surface area (Å²) in [6.45, 7) is 3.70. The maximum atomic E-state index is 11.1. The Bertz CT molecular complexity index is 234. The second kappa shape index (κ2) is 3.33. The molecule has 1 rings (SSSR count). The molecule has 5 heteroatoms. The van der Waals surface area contributed by atoms with E-state index in [0.29, 0.717) is 6.54 Å². The number of carboxylic acid groups (broad SMARTS) is 1. The van der Waals surface area contributed by atoms with Crippen molar-refractivity contribution in [3.05, 3.63) is 0 Å². The summed E-state index contributed by atoms with van der Waals surface area (Å²) in [7, 11) is 0. The molecule has 1 aliphatic heterocycles. The van der Waals surface area contributed by atoms with Gasteiger partial charge in [-0.15, -0.1) is 0 Å². The molecule has 74 valence electrons. The van der Waals surface area contributed by atoms with Gasteiger partial charge in [-0.3, -0.25) is 4.79 Å². The SMILES string of the molecule is CCN(C(C)=O)C1(C(=O)O)COC1. The number of carbonyl (C=O) groups excluding carboxylic acids is 1. The van der Waals surface area contributed by atoms with Crippen LogP contribution in [0, 0.1) is 0 Å². The highest BCUT2D eigenvalue weighted by Gasteiger charge is 2.51. The minimum absolute atomic E-state index is 0.0930. The lowest BCUT2D eigenvalue weighted by atomic mass is 9.95. The molecule has 5 nitrogen and oxygen atoms in total. The number of carboxylic acids is 1. The summed E-state index contributed by atoms with van der Waals surface area (Å²) in [4.78, 5) is 23.4. The highest BCUT2D eigenvalue weighted by atomic mass is 16.5. The first kappa shape index (κ1) is 9.98. The monoisotopic (exact) mass is 187 g/mol. The van der Waals surface area contributed by atoms with Gasteiger partial charge in [-0.2, -0.15) is 0 Å².